The van der Waals surface area contributed by atoms with Gasteiger partial charge in [-0.3, -0.25) is 0 Å². The number of carbonyl (C=O) groups excluding carboxylic acids is 1. The summed E-state index contributed by atoms with van der Waals surface area (Å²) >= 11 is 8.59. The largest absolute Gasteiger partial charge is 0.465 e. The first-order valence-corrected chi connectivity index (χ1v) is 7.09. The molecule has 0 fully saturated rings. The van der Waals surface area contributed by atoms with E-state index in [9.17, 15) is 4.79 Å². The van der Waals surface area contributed by atoms with E-state index in [-0.39, 0.29) is 11.2 Å². The van der Waals surface area contributed by atoms with Gasteiger partial charge in [0, 0.05) is 11.6 Å². The van der Waals surface area contributed by atoms with E-state index in [2.05, 4.69) is 20.0 Å². The first-order valence-electron chi connectivity index (χ1n) is 5.02. The lowest BCUT2D eigenvalue weighted by Gasteiger charge is -2.08. The van der Waals surface area contributed by atoms with Crippen molar-refractivity contribution in [2.45, 2.75) is 13.0 Å². The highest BCUT2D eigenvalue weighted by atomic mass is 35.5. The summed E-state index contributed by atoms with van der Waals surface area (Å²) < 4.78 is 4.62. The summed E-state index contributed by atoms with van der Waals surface area (Å²) in [5, 5.41) is 6.72. The van der Waals surface area contributed by atoms with Gasteiger partial charge in [-0.25, -0.2) is 14.8 Å². The number of anilines is 1. The summed E-state index contributed by atoms with van der Waals surface area (Å²) in [6.45, 7) is 1.96. The zero-order valence-corrected chi connectivity index (χ0v) is 12.0. The number of ether oxygens (including phenoxy) is 1. The van der Waals surface area contributed by atoms with Crippen LogP contribution in [-0.2, 0) is 4.74 Å². The third kappa shape index (κ3) is 2.80. The van der Waals surface area contributed by atoms with Crippen molar-refractivity contribution in [1.82, 2.24) is 9.97 Å². The average Bonchev–Trinajstić information content (AvgIpc) is 2.97. The Morgan fingerprint density at radius 3 is 3.00 bits per heavy atom. The van der Waals surface area contributed by atoms with Gasteiger partial charge in [0.15, 0.2) is 15.2 Å². The fourth-order valence-corrected chi connectivity index (χ4v) is 3.11. The number of nitrogens with zero attached hydrogens (tertiary/aromatic N) is 2. The Kier molecular flexibility index (Phi) is 4.15. The van der Waals surface area contributed by atoms with Gasteiger partial charge in [0.2, 0.25) is 0 Å². The van der Waals surface area contributed by atoms with Crippen molar-refractivity contribution < 1.29 is 9.53 Å². The summed E-state index contributed by atoms with van der Waals surface area (Å²) in [6, 6.07) is 0.0118. The van der Waals surface area contributed by atoms with Crippen LogP contribution >= 0.6 is 34.3 Å². The number of halogens is 1. The molecule has 2 aromatic heterocycles. The number of hydrogen-bond acceptors (Lipinski definition) is 7. The fraction of sp³-hybridized carbons (Fsp3) is 0.300. The quantitative estimate of drug-likeness (QED) is 0.879. The van der Waals surface area contributed by atoms with Crippen molar-refractivity contribution in [2.75, 3.05) is 12.4 Å². The third-order valence-corrected chi connectivity index (χ3v) is 4.43. The van der Waals surface area contributed by atoms with E-state index in [0.717, 1.165) is 5.01 Å². The molecule has 18 heavy (non-hydrogen) atoms. The van der Waals surface area contributed by atoms with E-state index in [1.165, 1.54) is 18.4 Å². The second kappa shape index (κ2) is 5.64. The molecule has 8 heteroatoms. The molecule has 1 N–H and O–H groups in total. The molecule has 5 nitrogen and oxygen atoms in total. The topological polar surface area (TPSA) is 64.1 Å². The van der Waals surface area contributed by atoms with Gasteiger partial charge in [-0.05, 0) is 6.92 Å². The maximum atomic E-state index is 11.4. The molecular formula is C10H10ClN3O2S2. The van der Waals surface area contributed by atoms with Crippen molar-refractivity contribution in [2.24, 2.45) is 0 Å². The minimum Gasteiger partial charge on any atom is -0.465 e. The number of carbonyl (C=O) groups is 1. The van der Waals surface area contributed by atoms with Crippen LogP contribution in [-0.4, -0.2) is 23.0 Å². The molecule has 96 valence electrons. The fourth-order valence-electron chi connectivity index (χ4n) is 1.28. The maximum absolute atomic E-state index is 11.4. The van der Waals surface area contributed by atoms with Crippen molar-refractivity contribution in [3.8, 4) is 0 Å². The minimum absolute atomic E-state index is 0.0118. The van der Waals surface area contributed by atoms with Gasteiger partial charge in [0.1, 0.15) is 5.01 Å². The van der Waals surface area contributed by atoms with Crippen LogP contribution in [0.3, 0.4) is 0 Å². The Balaban J connectivity index is 2.13. The van der Waals surface area contributed by atoms with Crippen molar-refractivity contribution in [1.29, 1.82) is 0 Å². The van der Waals surface area contributed by atoms with E-state index in [4.69, 9.17) is 11.6 Å². The number of rotatable bonds is 4. The highest BCUT2D eigenvalue weighted by Crippen LogP contribution is 2.30. The van der Waals surface area contributed by atoms with Gasteiger partial charge in [-0.2, -0.15) is 0 Å². The van der Waals surface area contributed by atoms with Crippen LogP contribution in [0.5, 0.6) is 0 Å². The normalized spacial score (nSPS) is 12.2. The molecule has 0 spiro atoms. The Morgan fingerprint density at radius 1 is 1.61 bits per heavy atom. The lowest BCUT2D eigenvalue weighted by Crippen LogP contribution is -2.05. The summed E-state index contributed by atoms with van der Waals surface area (Å²) in [4.78, 5) is 20.0. The van der Waals surface area contributed by atoms with Gasteiger partial charge in [0.05, 0.1) is 13.2 Å². The van der Waals surface area contributed by atoms with Crippen LogP contribution in [0, 0.1) is 0 Å². The standard InChI is InChI=1S/C10H10ClN3O2S2/c1-5(8-12-3-4-17-8)13-10-14-7(11)6(18-10)9(15)16-2/h3-5H,1-2H3,(H,13,14). The van der Waals surface area contributed by atoms with Crippen LogP contribution in [0.1, 0.15) is 27.6 Å². The van der Waals surface area contributed by atoms with E-state index in [0.29, 0.717) is 10.0 Å². The van der Waals surface area contributed by atoms with Gasteiger partial charge >= 0.3 is 5.97 Å². The molecule has 2 heterocycles. The van der Waals surface area contributed by atoms with E-state index in [1.54, 1.807) is 17.5 Å². The van der Waals surface area contributed by atoms with Gasteiger partial charge in [-0.15, -0.1) is 11.3 Å². The van der Waals surface area contributed by atoms with Crippen LogP contribution in [0.2, 0.25) is 5.15 Å². The van der Waals surface area contributed by atoms with Crippen molar-refractivity contribution in [3.63, 3.8) is 0 Å². The lowest BCUT2D eigenvalue weighted by atomic mass is 10.4. The summed E-state index contributed by atoms with van der Waals surface area (Å²) in [7, 11) is 1.31. The second-order valence-corrected chi connectivity index (χ2v) is 5.65. The van der Waals surface area contributed by atoms with Crippen LogP contribution in [0.4, 0.5) is 5.13 Å². The molecule has 0 aliphatic rings. The zero-order valence-electron chi connectivity index (χ0n) is 9.64. The van der Waals surface area contributed by atoms with Gasteiger partial charge < -0.3 is 10.1 Å². The van der Waals surface area contributed by atoms with E-state index in [1.807, 2.05) is 12.3 Å². The predicted molar refractivity (Wildman–Crippen MR) is 72.6 cm³/mol. The van der Waals surface area contributed by atoms with E-state index < -0.39 is 5.97 Å². The second-order valence-electron chi connectivity index (χ2n) is 3.37. The average molecular weight is 304 g/mol. The monoisotopic (exact) mass is 303 g/mol. The van der Waals surface area contributed by atoms with Crippen LogP contribution < -0.4 is 5.32 Å². The Hall–Kier alpha value is -1.18. The number of nitrogens with one attached hydrogen (secondary N) is 1. The Labute approximate surface area is 117 Å². The number of methoxy groups -OCH3 is 1. The summed E-state index contributed by atoms with van der Waals surface area (Å²) in [5.74, 6) is -0.479. The first-order chi connectivity index (χ1) is 8.61. The predicted octanol–water partition coefficient (Wildman–Crippen LogP) is 3.21. The van der Waals surface area contributed by atoms with Crippen molar-refractivity contribution >= 4 is 45.4 Å². The number of hydrogen-bond donors (Lipinski definition) is 1. The highest BCUT2D eigenvalue weighted by Gasteiger charge is 2.18. The van der Waals surface area contributed by atoms with Crippen LogP contribution in [0.15, 0.2) is 11.6 Å². The summed E-state index contributed by atoms with van der Waals surface area (Å²) in [5.41, 5.74) is 0. The summed E-state index contributed by atoms with van der Waals surface area (Å²) in [6.07, 6.45) is 1.74. The number of esters is 1. The first kappa shape index (κ1) is 13.3. The molecule has 2 aromatic rings. The minimum atomic E-state index is -0.479. The Bertz CT molecular complexity index is 541. The molecule has 0 saturated heterocycles. The van der Waals surface area contributed by atoms with Crippen molar-refractivity contribution in [3.05, 3.63) is 26.6 Å². The molecule has 0 aliphatic carbocycles. The smallest absolute Gasteiger partial charge is 0.351 e. The molecule has 0 radical (unpaired) electrons. The SMILES string of the molecule is COC(=O)c1sc(NC(C)c2nccs2)nc1Cl. The molecule has 1 atom stereocenters. The molecule has 0 saturated carbocycles. The lowest BCUT2D eigenvalue weighted by molar-refractivity contribution is 0.0606. The van der Waals surface area contributed by atoms with E-state index >= 15 is 0 Å². The zero-order chi connectivity index (χ0) is 13.1. The molecule has 2 rings (SSSR count). The maximum Gasteiger partial charge on any atom is 0.351 e. The third-order valence-electron chi connectivity index (χ3n) is 2.12. The molecule has 0 aliphatic heterocycles. The molecule has 1 unspecified atom stereocenters. The number of aromatic nitrogens is 2. The molecular weight excluding hydrogens is 294 g/mol. The van der Waals surface area contributed by atoms with Crippen LogP contribution in [0.25, 0.3) is 0 Å². The number of thiazole rings is 2. The molecule has 0 amide bonds. The molecule has 0 bridgehead atoms. The highest BCUT2D eigenvalue weighted by molar-refractivity contribution is 7.18. The molecule has 0 aromatic carbocycles. The van der Waals surface area contributed by atoms with Gasteiger partial charge in [-0.1, -0.05) is 22.9 Å². The van der Waals surface area contributed by atoms with Gasteiger partial charge in [0.25, 0.3) is 0 Å². The Morgan fingerprint density at radius 2 is 2.39 bits per heavy atom.